The maximum absolute atomic E-state index is 5.82. The van der Waals surface area contributed by atoms with E-state index in [0.29, 0.717) is 0 Å². The summed E-state index contributed by atoms with van der Waals surface area (Å²) in [5, 5.41) is 0. The molecule has 1 aliphatic carbocycles. The summed E-state index contributed by atoms with van der Waals surface area (Å²) in [6, 6.07) is 6.49. The molecule has 1 aromatic carbocycles. The summed E-state index contributed by atoms with van der Waals surface area (Å²) >= 11 is 0. The Morgan fingerprint density at radius 3 is 2.75 bits per heavy atom. The van der Waals surface area contributed by atoms with Gasteiger partial charge in [-0.3, -0.25) is 0 Å². The van der Waals surface area contributed by atoms with Gasteiger partial charge in [0.15, 0.2) is 0 Å². The highest BCUT2D eigenvalue weighted by atomic mass is 14.6. The van der Waals surface area contributed by atoms with Crippen LogP contribution in [0.25, 0.3) is 0 Å². The lowest BCUT2D eigenvalue weighted by molar-refractivity contribution is 1.08. The summed E-state index contributed by atoms with van der Waals surface area (Å²) in [7, 11) is 0. The van der Waals surface area contributed by atoms with Gasteiger partial charge in [0.1, 0.15) is 0 Å². The molecular weight excluding hydrogens is 146 g/mol. The van der Waals surface area contributed by atoms with Crippen LogP contribution in [0.4, 0.5) is 5.69 Å². The van der Waals surface area contributed by atoms with Crippen LogP contribution in [0.15, 0.2) is 18.2 Å². The van der Waals surface area contributed by atoms with Crippen molar-refractivity contribution in [1.82, 2.24) is 0 Å². The van der Waals surface area contributed by atoms with E-state index in [0.717, 1.165) is 18.0 Å². The number of nitrogen functional groups attached to an aromatic ring is 1. The summed E-state index contributed by atoms with van der Waals surface area (Å²) in [5.74, 6) is 0.843. The Bertz CT molecular complexity index is 287. The number of anilines is 1. The van der Waals surface area contributed by atoms with Crippen molar-refractivity contribution in [3.8, 4) is 0 Å². The fourth-order valence-electron chi connectivity index (χ4n) is 1.60. The highest BCUT2D eigenvalue weighted by Crippen LogP contribution is 2.40. The molecule has 12 heavy (non-hydrogen) atoms. The van der Waals surface area contributed by atoms with Gasteiger partial charge in [0.2, 0.25) is 0 Å². The van der Waals surface area contributed by atoms with Gasteiger partial charge in [-0.15, -0.1) is 0 Å². The lowest BCUT2D eigenvalue weighted by Crippen LogP contribution is -1.93. The van der Waals surface area contributed by atoms with Gasteiger partial charge >= 0.3 is 0 Å². The normalized spacial score (nSPS) is 16.4. The van der Waals surface area contributed by atoms with Gasteiger partial charge in [-0.2, -0.15) is 0 Å². The van der Waals surface area contributed by atoms with Crippen LogP contribution in [0.3, 0.4) is 0 Å². The van der Waals surface area contributed by atoms with Crippen molar-refractivity contribution in [3.63, 3.8) is 0 Å². The number of hydrogen-bond donors (Lipinski definition) is 1. The Hall–Kier alpha value is -0.980. The van der Waals surface area contributed by atoms with Gasteiger partial charge in [-0.1, -0.05) is 19.1 Å². The molecule has 0 radical (unpaired) electrons. The van der Waals surface area contributed by atoms with E-state index in [9.17, 15) is 0 Å². The number of benzene rings is 1. The molecule has 0 atom stereocenters. The summed E-state index contributed by atoms with van der Waals surface area (Å²) in [6.45, 7) is 2.16. The summed E-state index contributed by atoms with van der Waals surface area (Å²) in [4.78, 5) is 0. The van der Waals surface area contributed by atoms with Gasteiger partial charge in [0, 0.05) is 5.69 Å². The minimum Gasteiger partial charge on any atom is -0.399 e. The van der Waals surface area contributed by atoms with Crippen molar-refractivity contribution in [2.24, 2.45) is 0 Å². The lowest BCUT2D eigenvalue weighted by Gasteiger charge is -2.05. The van der Waals surface area contributed by atoms with Gasteiger partial charge in [0.25, 0.3) is 0 Å². The van der Waals surface area contributed by atoms with Crippen molar-refractivity contribution in [3.05, 3.63) is 29.3 Å². The predicted octanol–water partition coefficient (Wildman–Crippen LogP) is 2.71. The van der Waals surface area contributed by atoms with E-state index in [-0.39, 0.29) is 0 Å². The topological polar surface area (TPSA) is 26.0 Å². The molecule has 0 unspecified atom stereocenters. The highest BCUT2D eigenvalue weighted by molar-refractivity contribution is 5.49. The van der Waals surface area contributed by atoms with E-state index < -0.39 is 0 Å². The van der Waals surface area contributed by atoms with Crippen LogP contribution in [0.2, 0.25) is 0 Å². The van der Waals surface area contributed by atoms with Crippen LogP contribution in [0.5, 0.6) is 0 Å². The van der Waals surface area contributed by atoms with Crippen molar-refractivity contribution < 1.29 is 0 Å². The summed E-state index contributed by atoms with van der Waals surface area (Å²) in [6.07, 6.45) is 3.78. The molecule has 0 bridgehead atoms. The molecule has 2 N–H and O–H groups in total. The first-order chi connectivity index (χ1) is 5.81. The van der Waals surface area contributed by atoms with Crippen molar-refractivity contribution in [2.45, 2.75) is 32.1 Å². The largest absolute Gasteiger partial charge is 0.399 e. The Labute approximate surface area is 73.6 Å². The zero-order valence-electron chi connectivity index (χ0n) is 7.51. The van der Waals surface area contributed by atoms with Crippen LogP contribution < -0.4 is 5.73 Å². The van der Waals surface area contributed by atoms with Crippen LogP contribution in [0, 0.1) is 0 Å². The molecule has 0 heterocycles. The summed E-state index contributed by atoms with van der Waals surface area (Å²) in [5.41, 5.74) is 9.56. The molecule has 1 heteroatoms. The third-order valence-electron chi connectivity index (χ3n) is 2.60. The van der Waals surface area contributed by atoms with Gasteiger partial charge in [-0.25, -0.2) is 0 Å². The van der Waals surface area contributed by atoms with E-state index in [1.807, 2.05) is 6.07 Å². The first kappa shape index (κ1) is 7.66. The molecule has 2 rings (SSSR count). The molecule has 0 saturated heterocycles. The second-order valence-corrected chi connectivity index (χ2v) is 3.59. The molecule has 1 aromatic rings. The highest BCUT2D eigenvalue weighted by Gasteiger charge is 2.23. The maximum atomic E-state index is 5.82. The third-order valence-corrected chi connectivity index (χ3v) is 2.60. The Balaban J connectivity index is 2.33. The van der Waals surface area contributed by atoms with Gasteiger partial charge in [0.05, 0.1) is 0 Å². The quantitative estimate of drug-likeness (QED) is 0.663. The Morgan fingerprint density at radius 2 is 2.17 bits per heavy atom. The number of nitrogens with two attached hydrogens (primary N) is 1. The summed E-state index contributed by atoms with van der Waals surface area (Å²) < 4.78 is 0. The second kappa shape index (κ2) is 2.81. The average Bonchev–Trinajstić information content (AvgIpc) is 2.88. The molecule has 1 saturated carbocycles. The minimum absolute atomic E-state index is 0.843. The first-order valence-corrected chi connectivity index (χ1v) is 4.69. The minimum atomic E-state index is 0.843. The first-order valence-electron chi connectivity index (χ1n) is 4.69. The standard InChI is InChI=1S/C11H15N/c1-2-8-7-10(9-3-4-9)5-6-11(8)12/h5-7,9H,2-4,12H2,1H3. The fourth-order valence-corrected chi connectivity index (χ4v) is 1.60. The van der Waals surface area contributed by atoms with E-state index >= 15 is 0 Å². The molecule has 0 amide bonds. The molecular formula is C11H15N. The fraction of sp³-hybridized carbons (Fsp3) is 0.455. The zero-order valence-corrected chi connectivity index (χ0v) is 7.51. The van der Waals surface area contributed by atoms with E-state index in [1.165, 1.54) is 24.0 Å². The Morgan fingerprint density at radius 1 is 1.42 bits per heavy atom. The molecule has 1 nitrogen and oxygen atoms in total. The zero-order chi connectivity index (χ0) is 8.55. The van der Waals surface area contributed by atoms with Crippen molar-refractivity contribution in [1.29, 1.82) is 0 Å². The van der Waals surface area contributed by atoms with Crippen LogP contribution in [-0.4, -0.2) is 0 Å². The maximum Gasteiger partial charge on any atom is 0.0346 e. The number of rotatable bonds is 2. The average molecular weight is 161 g/mol. The van der Waals surface area contributed by atoms with E-state index in [1.54, 1.807) is 0 Å². The number of hydrogen-bond acceptors (Lipinski definition) is 1. The predicted molar refractivity (Wildman–Crippen MR) is 52.2 cm³/mol. The monoisotopic (exact) mass is 161 g/mol. The van der Waals surface area contributed by atoms with Crippen molar-refractivity contribution >= 4 is 5.69 Å². The van der Waals surface area contributed by atoms with Crippen LogP contribution in [-0.2, 0) is 6.42 Å². The second-order valence-electron chi connectivity index (χ2n) is 3.59. The molecule has 0 spiro atoms. The SMILES string of the molecule is CCc1cc(C2CC2)ccc1N. The molecule has 64 valence electrons. The van der Waals surface area contributed by atoms with Crippen LogP contribution in [0.1, 0.15) is 36.8 Å². The smallest absolute Gasteiger partial charge is 0.0346 e. The van der Waals surface area contributed by atoms with Gasteiger partial charge in [-0.05, 0) is 42.4 Å². The molecule has 0 aliphatic heterocycles. The van der Waals surface area contributed by atoms with E-state index in [4.69, 9.17) is 5.73 Å². The lowest BCUT2D eigenvalue weighted by atomic mass is 10.0. The molecule has 0 aromatic heterocycles. The Kier molecular flexibility index (Phi) is 1.80. The van der Waals surface area contributed by atoms with E-state index in [2.05, 4.69) is 19.1 Å². The van der Waals surface area contributed by atoms with Crippen LogP contribution >= 0.6 is 0 Å². The third kappa shape index (κ3) is 1.31. The van der Waals surface area contributed by atoms with Crippen molar-refractivity contribution in [2.75, 3.05) is 5.73 Å². The number of aryl methyl sites for hydroxylation is 1. The molecule has 1 aliphatic rings. The molecule has 1 fully saturated rings. The van der Waals surface area contributed by atoms with Gasteiger partial charge < -0.3 is 5.73 Å².